The molecule has 2 aromatic rings. The minimum atomic E-state index is -0.167. The van der Waals surface area contributed by atoms with Crippen LogP contribution < -0.4 is 10.1 Å². The maximum atomic E-state index is 11.9. The lowest BCUT2D eigenvalue weighted by Crippen LogP contribution is -2.28. The summed E-state index contributed by atoms with van der Waals surface area (Å²) in [6.45, 7) is 2.62. The molecule has 0 radical (unpaired) electrons. The summed E-state index contributed by atoms with van der Waals surface area (Å²) in [6.07, 6.45) is 0. The van der Waals surface area contributed by atoms with Crippen LogP contribution in [0.1, 0.15) is 15.9 Å². The molecule has 2 rings (SSSR count). The van der Waals surface area contributed by atoms with E-state index < -0.39 is 0 Å². The summed E-state index contributed by atoms with van der Waals surface area (Å²) in [5, 5.41) is 12.1. The fourth-order valence-electron chi connectivity index (χ4n) is 1.85. The van der Waals surface area contributed by atoms with Crippen LogP contribution in [0.5, 0.6) is 11.5 Å². The van der Waals surface area contributed by atoms with Crippen LogP contribution in [-0.4, -0.2) is 24.2 Å². The van der Waals surface area contributed by atoms with Gasteiger partial charge in [0.05, 0.1) is 6.54 Å². The molecule has 4 nitrogen and oxygen atoms in total. The molecule has 104 valence electrons. The van der Waals surface area contributed by atoms with Gasteiger partial charge < -0.3 is 15.2 Å². The molecule has 0 heterocycles. The zero-order valence-corrected chi connectivity index (χ0v) is 11.3. The molecule has 2 aromatic carbocycles. The summed E-state index contributed by atoms with van der Waals surface area (Å²) in [6, 6.07) is 14.1. The predicted molar refractivity (Wildman–Crippen MR) is 77.1 cm³/mol. The van der Waals surface area contributed by atoms with Crippen molar-refractivity contribution < 1.29 is 14.6 Å². The van der Waals surface area contributed by atoms with Crippen molar-refractivity contribution in [3.8, 4) is 11.5 Å². The number of para-hydroxylation sites is 1. The third-order valence-corrected chi connectivity index (χ3v) is 2.85. The smallest absolute Gasteiger partial charge is 0.251 e. The highest BCUT2D eigenvalue weighted by Gasteiger charge is 2.08. The second kappa shape index (κ2) is 6.61. The van der Waals surface area contributed by atoms with E-state index in [-0.39, 0.29) is 11.7 Å². The van der Waals surface area contributed by atoms with E-state index in [1.165, 1.54) is 6.07 Å². The Balaban J connectivity index is 1.80. The summed E-state index contributed by atoms with van der Waals surface area (Å²) >= 11 is 0. The first-order valence-electron chi connectivity index (χ1n) is 6.42. The number of aromatic hydroxyl groups is 1. The van der Waals surface area contributed by atoms with Crippen molar-refractivity contribution in [2.24, 2.45) is 0 Å². The Hall–Kier alpha value is -2.49. The number of nitrogens with one attached hydrogen (secondary N) is 1. The Morgan fingerprint density at radius 2 is 1.95 bits per heavy atom. The normalized spacial score (nSPS) is 10.1. The van der Waals surface area contributed by atoms with Crippen molar-refractivity contribution in [3.63, 3.8) is 0 Å². The minimum absolute atomic E-state index is 0.159. The van der Waals surface area contributed by atoms with Crippen LogP contribution in [-0.2, 0) is 0 Å². The topological polar surface area (TPSA) is 58.6 Å². The van der Waals surface area contributed by atoms with Gasteiger partial charge >= 0.3 is 0 Å². The van der Waals surface area contributed by atoms with Gasteiger partial charge in [0.25, 0.3) is 5.91 Å². The predicted octanol–water partition coefficient (Wildman–Crippen LogP) is 2.51. The Morgan fingerprint density at radius 1 is 1.20 bits per heavy atom. The van der Waals surface area contributed by atoms with E-state index in [4.69, 9.17) is 4.74 Å². The van der Waals surface area contributed by atoms with E-state index in [1.807, 2.05) is 30.3 Å². The molecule has 2 N–H and O–H groups in total. The number of ether oxygens (including phenoxy) is 1. The first kappa shape index (κ1) is 13.9. The maximum Gasteiger partial charge on any atom is 0.251 e. The number of amides is 1. The fraction of sp³-hybridized carbons (Fsp3) is 0.188. The van der Waals surface area contributed by atoms with Crippen molar-refractivity contribution in [1.29, 1.82) is 0 Å². The second-order valence-corrected chi connectivity index (χ2v) is 4.42. The first-order chi connectivity index (χ1) is 9.66. The molecular formula is C16H17NO3. The van der Waals surface area contributed by atoms with E-state index in [0.717, 1.165) is 11.3 Å². The lowest BCUT2D eigenvalue weighted by atomic mass is 10.1. The molecule has 0 unspecified atom stereocenters. The first-order valence-corrected chi connectivity index (χ1v) is 6.42. The van der Waals surface area contributed by atoms with Gasteiger partial charge in [0.1, 0.15) is 18.1 Å². The highest BCUT2D eigenvalue weighted by atomic mass is 16.5. The third-order valence-electron chi connectivity index (χ3n) is 2.85. The Morgan fingerprint density at radius 3 is 2.65 bits per heavy atom. The number of hydrogen-bond donors (Lipinski definition) is 2. The monoisotopic (exact) mass is 271 g/mol. The number of benzene rings is 2. The molecule has 1 amide bonds. The molecule has 0 atom stereocenters. The molecule has 0 aliphatic heterocycles. The quantitative estimate of drug-likeness (QED) is 0.821. The highest BCUT2D eigenvalue weighted by molar-refractivity contribution is 5.95. The van der Waals surface area contributed by atoms with Gasteiger partial charge in [-0.1, -0.05) is 18.2 Å². The fourth-order valence-corrected chi connectivity index (χ4v) is 1.85. The summed E-state index contributed by atoms with van der Waals surface area (Å²) in [7, 11) is 0. The molecule has 0 saturated carbocycles. The summed E-state index contributed by atoms with van der Waals surface area (Å²) in [5.41, 5.74) is 1.30. The van der Waals surface area contributed by atoms with Gasteiger partial charge in [-0.3, -0.25) is 4.79 Å². The summed E-state index contributed by atoms with van der Waals surface area (Å²) < 4.78 is 5.49. The van der Waals surface area contributed by atoms with E-state index in [2.05, 4.69) is 5.32 Å². The van der Waals surface area contributed by atoms with Crippen LogP contribution in [0.2, 0.25) is 0 Å². The van der Waals surface area contributed by atoms with Crippen molar-refractivity contribution >= 4 is 5.91 Å². The molecule has 0 bridgehead atoms. The average molecular weight is 271 g/mol. The largest absolute Gasteiger partial charge is 0.508 e. The van der Waals surface area contributed by atoms with Crippen LogP contribution in [0, 0.1) is 6.92 Å². The maximum absolute atomic E-state index is 11.9. The third kappa shape index (κ3) is 3.75. The van der Waals surface area contributed by atoms with Gasteiger partial charge in [-0.15, -0.1) is 0 Å². The van der Waals surface area contributed by atoms with Crippen molar-refractivity contribution in [3.05, 3.63) is 59.7 Å². The number of hydrogen-bond acceptors (Lipinski definition) is 3. The zero-order chi connectivity index (χ0) is 14.4. The van der Waals surface area contributed by atoms with Gasteiger partial charge in [-0.2, -0.15) is 0 Å². The second-order valence-electron chi connectivity index (χ2n) is 4.42. The van der Waals surface area contributed by atoms with Gasteiger partial charge in [0.2, 0.25) is 0 Å². The van der Waals surface area contributed by atoms with E-state index in [1.54, 1.807) is 19.1 Å². The Bertz CT molecular complexity index is 582. The number of carbonyl (C=O) groups is 1. The van der Waals surface area contributed by atoms with Crippen molar-refractivity contribution in [1.82, 2.24) is 5.32 Å². The van der Waals surface area contributed by atoms with Gasteiger partial charge in [0.15, 0.2) is 0 Å². The molecule has 0 aliphatic carbocycles. The number of carbonyl (C=O) groups excluding carboxylic acids is 1. The van der Waals surface area contributed by atoms with Crippen molar-refractivity contribution in [2.75, 3.05) is 13.2 Å². The minimum Gasteiger partial charge on any atom is -0.508 e. The molecule has 0 saturated heterocycles. The summed E-state index contributed by atoms with van der Waals surface area (Å²) in [4.78, 5) is 11.9. The lowest BCUT2D eigenvalue weighted by Gasteiger charge is -2.09. The standard InChI is InChI=1S/C16H17NO3/c1-12-11-13(18)7-8-15(12)16(19)17-9-10-20-14-5-3-2-4-6-14/h2-8,11,18H,9-10H2,1H3,(H,17,19). The molecular weight excluding hydrogens is 254 g/mol. The Labute approximate surface area is 118 Å². The highest BCUT2D eigenvalue weighted by Crippen LogP contribution is 2.15. The molecule has 4 heteroatoms. The lowest BCUT2D eigenvalue weighted by molar-refractivity contribution is 0.0946. The molecule has 0 aliphatic rings. The zero-order valence-electron chi connectivity index (χ0n) is 11.3. The van der Waals surface area contributed by atoms with Crippen LogP contribution >= 0.6 is 0 Å². The van der Waals surface area contributed by atoms with Gasteiger partial charge in [-0.05, 0) is 42.8 Å². The van der Waals surface area contributed by atoms with Crippen LogP contribution in [0.15, 0.2) is 48.5 Å². The van der Waals surface area contributed by atoms with Gasteiger partial charge in [0, 0.05) is 5.56 Å². The average Bonchev–Trinajstić information content (AvgIpc) is 2.44. The molecule has 20 heavy (non-hydrogen) atoms. The summed E-state index contributed by atoms with van der Waals surface area (Å²) in [5.74, 6) is 0.771. The molecule has 0 spiro atoms. The van der Waals surface area contributed by atoms with Crippen molar-refractivity contribution in [2.45, 2.75) is 6.92 Å². The van der Waals surface area contributed by atoms with Crippen LogP contribution in [0.25, 0.3) is 0 Å². The SMILES string of the molecule is Cc1cc(O)ccc1C(=O)NCCOc1ccccc1. The van der Waals surface area contributed by atoms with E-state index in [0.29, 0.717) is 18.7 Å². The van der Waals surface area contributed by atoms with Crippen LogP contribution in [0.3, 0.4) is 0 Å². The van der Waals surface area contributed by atoms with Gasteiger partial charge in [-0.25, -0.2) is 0 Å². The van der Waals surface area contributed by atoms with E-state index in [9.17, 15) is 9.90 Å². The Kier molecular flexibility index (Phi) is 4.60. The van der Waals surface area contributed by atoms with E-state index >= 15 is 0 Å². The molecule has 0 aromatic heterocycles. The van der Waals surface area contributed by atoms with Crippen LogP contribution in [0.4, 0.5) is 0 Å². The molecule has 0 fully saturated rings. The number of phenolic OH excluding ortho intramolecular Hbond substituents is 1. The number of aryl methyl sites for hydroxylation is 1. The number of phenols is 1. The number of rotatable bonds is 5.